The van der Waals surface area contributed by atoms with Gasteiger partial charge in [-0.05, 0) is 36.2 Å². The van der Waals surface area contributed by atoms with Gasteiger partial charge in [0.25, 0.3) is 0 Å². The Morgan fingerprint density at radius 2 is 1.89 bits per heavy atom. The average Bonchev–Trinajstić information content (AvgIpc) is 2.39. The van der Waals surface area contributed by atoms with Crippen LogP contribution in [0.3, 0.4) is 0 Å². The first kappa shape index (κ1) is 13.9. The summed E-state index contributed by atoms with van der Waals surface area (Å²) in [5.74, 6) is 4.53. The Balaban J connectivity index is 2.56. The molecule has 0 saturated heterocycles. The van der Waals surface area contributed by atoms with E-state index in [0.717, 1.165) is 5.56 Å². The van der Waals surface area contributed by atoms with Crippen LogP contribution in [0.5, 0.6) is 0 Å². The van der Waals surface area contributed by atoms with Crippen molar-refractivity contribution in [3.8, 4) is 0 Å². The van der Waals surface area contributed by atoms with E-state index in [0.29, 0.717) is 5.56 Å². The number of aryl methyl sites for hydroxylation is 1. The Kier molecular flexibility index (Phi) is 4.14. The fraction of sp³-hybridized carbons (Fsp3) is 0.143. The van der Waals surface area contributed by atoms with E-state index in [9.17, 15) is 8.78 Å². The van der Waals surface area contributed by atoms with Crippen LogP contribution in [0.4, 0.5) is 8.78 Å². The molecule has 100 valence electrons. The first-order valence-corrected chi connectivity index (χ1v) is 6.08. The average molecular weight is 283 g/mol. The number of hydrazine groups is 1. The second-order valence-corrected chi connectivity index (χ2v) is 4.65. The Morgan fingerprint density at radius 1 is 1.16 bits per heavy atom. The highest BCUT2D eigenvalue weighted by molar-refractivity contribution is 6.30. The van der Waals surface area contributed by atoms with Crippen LogP contribution < -0.4 is 11.3 Å². The van der Waals surface area contributed by atoms with Crippen molar-refractivity contribution in [1.29, 1.82) is 0 Å². The van der Waals surface area contributed by atoms with Gasteiger partial charge >= 0.3 is 0 Å². The molecule has 19 heavy (non-hydrogen) atoms. The monoisotopic (exact) mass is 282 g/mol. The van der Waals surface area contributed by atoms with E-state index in [2.05, 4.69) is 5.43 Å². The Bertz CT molecular complexity index is 600. The molecule has 2 aromatic rings. The predicted octanol–water partition coefficient (Wildman–Crippen LogP) is 3.48. The summed E-state index contributed by atoms with van der Waals surface area (Å²) in [5, 5.41) is 0.00630. The Labute approximate surface area is 115 Å². The lowest BCUT2D eigenvalue weighted by molar-refractivity contribution is 0.554. The SMILES string of the molecule is Cc1ccc(F)cc1C(NN)c1cccc(Cl)c1F. The minimum absolute atomic E-state index is 0.00630. The smallest absolute Gasteiger partial charge is 0.146 e. The van der Waals surface area contributed by atoms with Crippen molar-refractivity contribution in [2.45, 2.75) is 13.0 Å². The first-order chi connectivity index (χ1) is 9.04. The molecule has 0 saturated carbocycles. The lowest BCUT2D eigenvalue weighted by Crippen LogP contribution is -2.30. The zero-order valence-corrected chi connectivity index (χ0v) is 11.0. The minimum Gasteiger partial charge on any atom is -0.271 e. The van der Waals surface area contributed by atoms with Gasteiger partial charge in [0.05, 0.1) is 11.1 Å². The summed E-state index contributed by atoms with van der Waals surface area (Å²) in [7, 11) is 0. The van der Waals surface area contributed by atoms with Crippen molar-refractivity contribution in [3.63, 3.8) is 0 Å². The van der Waals surface area contributed by atoms with Gasteiger partial charge in [-0.1, -0.05) is 29.8 Å². The molecule has 0 aromatic heterocycles. The normalized spacial score (nSPS) is 12.5. The zero-order chi connectivity index (χ0) is 14.0. The molecular formula is C14H13ClF2N2. The van der Waals surface area contributed by atoms with Crippen LogP contribution in [0.25, 0.3) is 0 Å². The highest BCUT2D eigenvalue weighted by Gasteiger charge is 2.20. The molecule has 0 heterocycles. The maximum absolute atomic E-state index is 14.0. The minimum atomic E-state index is -0.658. The number of rotatable bonds is 3. The number of halogens is 3. The van der Waals surface area contributed by atoms with E-state index in [-0.39, 0.29) is 10.6 Å². The molecule has 0 bridgehead atoms. The van der Waals surface area contributed by atoms with Gasteiger partial charge in [0, 0.05) is 5.56 Å². The number of nitrogens with two attached hydrogens (primary N) is 1. The Hall–Kier alpha value is -1.49. The summed E-state index contributed by atoms with van der Waals surface area (Å²) in [6.45, 7) is 1.81. The highest BCUT2D eigenvalue weighted by Crippen LogP contribution is 2.29. The molecule has 2 aromatic carbocycles. The van der Waals surface area contributed by atoms with Gasteiger partial charge in [0.15, 0.2) is 0 Å². The molecule has 1 atom stereocenters. The predicted molar refractivity (Wildman–Crippen MR) is 71.7 cm³/mol. The van der Waals surface area contributed by atoms with E-state index in [1.165, 1.54) is 18.2 Å². The fourth-order valence-electron chi connectivity index (χ4n) is 2.01. The lowest BCUT2D eigenvalue weighted by Gasteiger charge is -2.20. The Morgan fingerprint density at radius 3 is 2.58 bits per heavy atom. The number of benzene rings is 2. The third-order valence-corrected chi connectivity index (χ3v) is 3.30. The third kappa shape index (κ3) is 2.76. The van der Waals surface area contributed by atoms with Crippen molar-refractivity contribution in [2.75, 3.05) is 0 Å². The zero-order valence-electron chi connectivity index (χ0n) is 10.3. The number of hydrogen-bond donors (Lipinski definition) is 2. The van der Waals surface area contributed by atoms with E-state index in [1.807, 2.05) is 6.92 Å². The first-order valence-electron chi connectivity index (χ1n) is 5.70. The molecule has 0 spiro atoms. The van der Waals surface area contributed by atoms with Crippen molar-refractivity contribution in [2.24, 2.45) is 5.84 Å². The quantitative estimate of drug-likeness (QED) is 0.668. The molecule has 0 aliphatic heterocycles. The molecule has 2 nitrogen and oxygen atoms in total. The summed E-state index contributed by atoms with van der Waals surface area (Å²) >= 11 is 5.76. The van der Waals surface area contributed by atoms with Crippen LogP contribution in [0, 0.1) is 18.6 Å². The van der Waals surface area contributed by atoms with E-state index in [1.54, 1.807) is 18.2 Å². The van der Waals surface area contributed by atoms with Gasteiger partial charge in [-0.15, -0.1) is 0 Å². The number of nitrogens with one attached hydrogen (secondary N) is 1. The standard InChI is InChI=1S/C14H13ClF2N2/c1-8-5-6-9(16)7-11(8)14(19-18)10-3-2-4-12(15)13(10)17/h2-7,14,19H,18H2,1H3. The lowest BCUT2D eigenvalue weighted by atomic mass is 9.95. The van der Waals surface area contributed by atoms with Gasteiger partial charge in [-0.25, -0.2) is 14.2 Å². The summed E-state index contributed by atoms with van der Waals surface area (Å²) < 4.78 is 27.4. The fourth-order valence-corrected chi connectivity index (χ4v) is 2.19. The van der Waals surface area contributed by atoms with Crippen LogP contribution in [0.2, 0.25) is 5.02 Å². The van der Waals surface area contributed by atoms with Gasteiger partial charge in [-0.2, -0.15) is 0 Å². The van der Waals surface area contributed by atoms with Crippen LogP contribution in [-0.4, -0.2) is 0 Å². The third-order valence-electron chi connectivity index (χ3n) is 3.01. The molecule has 0 fully saturated rings. The van der Waals surface area contributed by atoms with Crippen molar-refractivity contribution < 1.29 is 8.78 Å². The summed E-state index contributed by atoms with van der Waals surface area (Å²) in [4.78, 5) is 0. The number of hydrogen-bond acceptors (Lipinski definition) is 2. The molecule has 0 aliphatic rings. The molecule has 0 radical (unpaired) electrons. The molecule has 0 amide bonds. The van der Waals surface area contributed by atoms with Gasteiger partial charge in [0.1, 0.15) is 11.6 Å². The molecule has 2 rings (SSSR count). The van der Waals surface area contributed by atoms with E-state index >= 15 is 0 Å². The van der Waals surface area contributed by atoms with Gasteiger partial charge in [0.2, 0.25) is 0 Å². The van der Waals surface area contributed by atoms with Crippen LogP contribution in [0.15, 0.2) is 36.4 Å². The molecular weight excluding hydrogens is 270 g/mol. The van der Waals surface area contributed by atoms with Gasteiger partial charge in [-0.3, -0.25) is 5.84 Å². The van der Waals surface area contributed by atoms with Crippen LogP contribution in [-0.2, 0) is 0 Å². The maximum atomic E-state index is 14.0. The van der Waals surface area contributed by atoms with Gasteiger partial charge < -0.3 is 0 Å². The summed E-state index contributed by atoms with van der Waals surface area (Å²) in [6, 6.07) is 8.29. The molecule has 3 N–H and O–H groups in total. The largest absolute Gasteiger partial charge is 0.271 e. The van der Waals surface area contributed by atoms with Crippen LogP contribution >= 0.6 is 11.6 Å². The molecule has 1 unspecified atom stereocenters. The second-order valence-electron chi connectivity index (χ2n) is 4.24. The van der Waals surface area contributed by atoms with E-state index in [4.69, 9.17) is 17.4 Å². The highest BCUT2D eigenvalue weighted by atomic mass is 35.5. The summed E-state index contributed by atoms with van der Waals surface area (Å²) in [6.07, 6.45) is 0. The topological polar surface area (TPSA) is 38.0 Å². The maximum Gasteiger partial charge on any atom is 0.146 e. The summed E-state index contributed by atoms with van der Waals surface area (Å²) in [5.41, 5.74) is 4.17. The van der Waals surface area contributed by atoms with Crippen molar-refractivity contribution in [1.82, 2.24) is 5.43 Å². The molecule has 0 aliphatic carbocycles. The van der Waals surface area contributed by atoms with E-state index < -0.39 is 17.7 Å². The van der Waals surface area contributed by atoms with Crippen molar-refractivity contribution >= 4 is 11.6 Å². The van der Waals surface area contributed by atoms with Crippen molar-refractivity contribution in [3.05, 3.63) is 69.7 Å². The van der Waals surface area contributed by atoms with Crippen LogP contribution in [0.1, 0.15) is 22.7 Å². The molecule has 5 heteroatoms. The second kappa shape index (κ2) is 5.65.